The Bertz CT molecular complexity index is 1020. The van der Waals surface area contributed by atoms with Crippen molar-refractivity contribution < 1.29 is 18.0 Å². The van der Waals surface area contributed by atoms with Gasteiger partial charge in [-0.3, -0.25) is 9.69 Å². The number of amides is 1. The molecule has 0 radical (unpaired) electrons. The van der Waals surface area contributed by atoms with Gasteiger partial charge in [0.25, 0.3) is 5.91 Å². The van der Waals surface area contributed by atoms with Crippen molar-refractivity contribution >= 4 is 28.6 Å². The number of fused-ring (bicyclic) bond motifs is 2. The number of halogens is 3. The largest absolute Gasteiger partial charge is 0.416 e. The Labute approximate surface area is 153 Å². The summed E-state index contributed by atoms with van der Waals surface area (Å²) in [4.78, 5) is 25.5. The van der Waals surface area contributed by atoms with Gasteiger partial charge in [0, 0.05) is 25.7 Å². The number of rotatable bonds is 1. The van der Waals surface area contributed by atoms with E-state index < -0.39 is 17.6 Å². The van der Waals surface area contributed by atoms with Crippen molar-refractivity contribution in [3.63, 3.8) is 0 Å². The van der Waals surface area contributed by atoms with E-state index in [1.165, 1.54) is 17.0 Å². The Hall–Kier alpha value is -3.16. The highest BCUT2D eigenvalue weighted by Gasteiger charge is 2.32. The minimum atomic E-state index is -4.44. The molecule has 1 aliphatic rings. The lowest BCUT2D eigenvalue weighted by Crippen LogP contribution is -2.43. The standard InChI is InChI=1S/C19H15F3N4O/c1-25-10-11-26(17-16(25)23-14-4-2-3-5-15(14)24-17)18(27)12-6-8-13(9-7-12)19(20,21)22/h2-9H,10-11H2,1H3. The van der Waals surface area contributed by atoms with E-state index in [1.54, 1.807) is 6.07 Å². The molecule has 0 fully saturated rings. The van der Waals surface area contributed by atoms with Crippen LogP contribution in [0.15, 0.2) is 48.5 Å². The summed E-state index contributed by atoms with van der Waals surface area (Å²) in [6.45, 7) is 0.919. The molecule has 0 saturated carbocycles. The second kappa shape index (κ2) is 6.22. The first-order chi connectivity index (χ1) is 12.8. The van der Waals surface area contributed by atoms with Crippen LogP contribution in [-0.2, 0) is 6.18 Å². The number of hydrogen-bond donors (Lipinski definition) is 0. The first kappa shape index (κ1) is 17.3. The fourth-order valence-electron chi connectivity index (χ4n) is 3.04. The summed E-state index contributed by atoms with van der Waals surface area (Å²) < 4.78 is 38.2. The quantitative estimate of drug-likeness (QED) is 0.653. The number of benzene rings is 2. The second-order valence-corrected chi connectivity index (χ2v) is 6.31. The molecule has 138 valence electrons. The maximum Gasteiger partial charge on any atom is 0.416 e. The van der Waals surface area contributed by atoms with Crippen molar-refractivity contribution in [3.8, 4) is 0 Å². The Kier molecular flexibility index (Phi) is 3.98. The van der Waals surface area contributed by atoms with Gasteiger partial charge in [0.2, 0.25) is 0 Å². The number of para-hydroxylation sites is 2. The zero-order valence-electron chi connectivity index (χ0n) is 14.4. The molecule has 0 saturated heterocycles. The summed E-state index contributed by atoms with van der Waals surface area (Å²) in [5, 5.41) is 0. The van der Waals surface area contributed by atoms with Crippen LogP contribution in [0.25, 0.3) is 11.0 Å². The van der Waals surface area contributed by atoms with Gasteiger partial charge in [0.1, 0.15) is 0 Å². The van der Waals surface area contributed by atoms with Crippen molar-refractivity contribution in [3.05, 3.63) is 59.7 Å². The fourth-order valence-corrected chi connectivity index (χ4v) is 3.04. The predicted molar refractivity (Wildman–Crippen MR) is 95.9 cm³/mol. The van der Waals surface area contributed by atoms with E-state index in [2.05, 4.69) is 9.97 Å². The van der Waals surface area contributed by atoms with Crippen molar-refractivity contribution in [2.45, 2.75) is 6.18 Å². The number of nitrogens with zero attached hydrogens (tertiary/aromatic N) is 4. The van der Waals surface area contributed by atoms with E-state index in [0.29, 0.717) is 35.8 Å². The number of alkyl halides is 3. The third-order valence-electron chi connectivity index (χ3n) is 4.52. The lowest BCUT2D eigenvalue weighted by atomic mass is 10.1. The molecule has 27 heavy (non-hydrogen) atoms. The number of carbonyl (C=O) groups is 1. The molecular weight excluding hydrogens is 357 g/mol. The lowest BCUT2D eigenvalue weighted by Gasteiger charge is -2.33. The van der Waals surface area contributed by atoms with Gasteiger partial charge in [-0.25, -0.2) is 9.97 Å². The maximum absolute atomic E-state index is 12.9. The highest BCUT2D eigenvalue weighted by molar-refractivity contribution is 6.07. The zero-order valence-corrected chi connectivity index (χ0v) is 14.4. The molecule has 4 rings (SSSR count). The average molecular weight is 372 g/mol. The Morgan fingerprint density at radius 2 is 1.52 bits per heavy atom. The van der Waals surface area contributed by atoms with Crippen LogP contribution in [0.4, 0.5) is 24.8 Å². The van der Waals surface area contributed by atoms with Crippen LogP contribution in [0.5, 0.6) is 0 Å². The summed E-state index contributed by atoms with van der Waals surface area (Å²) in [6, 6.07) is 11.5. The van der Waals surface area contributed by atoms with Gasteiger partial charge in [0.15, 0.2) is 11.6 Å². The molecule has 0 bridgehead atoms. The van der Waals surface area contributed by atoms with Gasteiger partial charge in [-0.1, -0.05) is 12.1 Å². The van der Waals surface area contributed by atoms with Gasteiger partial charge in [-0.05, 0) is 36.4 Å². The number of aromatic nitrogens is 2. The van der Waals surface area contributed by atoms with E-state index in [4.69, 9.17) is 0 Å². The van der Waals surface area contributed by atoms with Gasteiger partial charge in [-0.15, -0.1) is 0 Å². The summed E-state index contributed by atoms with van der Waals surface area (Å²) in [5.74, 6) is 0.579. The summed E-state index contributed by atoms with van der Waals surface area (Å²) in [6.07, 6.45) is -4.44. The minimum absolute atomic E-state index is 0.175. The van der Waals surface area contributed by atoms with Crippen LogP contribution in [0.1, 0.15) is 15.9 Å². The normalized spacial score (nSPS) is 14.4. The highest BCUT2D eigenvalue weighted by atomic mass is 19.4. The van der Waals surface area contributed by atoms with Crippen LogP contribution in [0.3, 0.4) is 0 Å². The fraction of sp³-hybridized carbons (Fsp3) is 0.211. The summed E-state index contributed by atoms with van der Waals surface area (Å²) in [7, 11) is 1.86. The third-order valence-corrected chi connectivity index (χ3v) is 4.52. The molecular formula is C19H15F3N4O. The molecule has 0 N–H and O–H groups in total. The zero-order chi connectivity index (χ0) is 19.2. The predicted octanol–water partition coefficient (Wildman–Crippen LogP) is 3.75. The Morgan fingerprint density at radius 3 is 2.11 bits per heavy atom. The van der Waals surface area contributed by atoms with Gasteiger partial charge >= 0.3 is 6.18 Å². The van der Waals surface area contributed by atoms with E-state index in [9.17, 15) is 18.0 Å². The Morgan fingerprint density at radius 1 is 0.926 bits per heavy atom. The van der Waals surface area contributed by atoms with E-state index in [1.807, 2.05) is 30.1 Å². The molecule has 1 aliphatic heterocycles. The highest BCUT2D eigenvalue weighted by Crippen LogP contribution is 2.32. The Balaban J connectivity index is 1.74. The van der Waals surface area contributed by atoms with Gasteiger partial charge < -0.3 is 4.90 Å². The number of anilines is 2. The van der Waals surface area contributed by atoms with Crippen molar-refractivity contribution in [1.29, 1.82) is 0 Å². The molecule has 0 spiro atoms. The van der Waals surface area contributed by atoms with Gasteiger partial charge in [-0.2, -0.15) is 13.2 Å². The van der Waals surface area contributed by atoms with Crippen LogP contribution in [0.2, 0.25) is 0 Å². The molecule has 0 atom stereocenters. The minimum Gasteiger partial charge on any atom is -0.355 e. The van der Waals surface area contributed by atoms with Gasteiger partial charge in [0.05, 0.1) is 16.6 Å². The molecule has 2 aromatic carbocycles. The van der Waals surface area contributed by atoms with Crippen molar-refractivity contribution in [2.75, 3.05) is 29.9 Å². The molecule has 1 aromatic heterocycles. The summed E-state index contributed by atoms with van der Waals surface area (Å²) in [5.41, 5.74) is 0.751. The topological polar surface area (TPSA) is 49.3 Å². The first-order valence-corrected chi connectivity index (χ1v) is 8.31. The lowest BCUT2D eigenvalue weighted by molar-refractivity contribution is -0.137. The number of carbonyl (C=O) groups excluding carboxylic acids is 1. The number of likely N-dealkylation sites (N-methyl/N-ethyl adjacent to an activating group) is 1. The van der Waals surface area contributed by atoms with E-state index >= 15 is 0 Å². The molecule has 2 heterocycles. The molecule has 0 aliphatic carbocycles. The van der Waals surface area contributed by atoms with Crippen molar-refractivity contribution in [1.82, 2.24) is 9.97 Å². The first-order valence-electron chi connectivity index (χ1n) is 8.31. The van der Waals surface area contributed by atoms with Crippen LogP contribution in [0, 0.1) is 0 Å². The van der Waals surface area contributed by atoms with Crippen LogP contribution < -0.4 is 9.80 Å². The molecule has 1 amide bonds. The third kappa shape index (κ3) is 3.07. The van der Waals surface area contributed by atoms with Crippen molar-refractivity contribution in [2.24, 2.45) is 0 Å². The van der Waals surface area contributed by atoms with Crippen LogP contribution in [-0.4, -0.2) is 36.0 Å². The number of hydrogen-bond acceptors (Lipinski definition) is 4. The molecule has 3 aromatic rings. The molecule has 0 unspecified atom stereocenters. The molecule has 5 nitrogen and oxygen atoms in total. The summed E-state index contributed by atoms with van der Waals surface area (Å²) >= 11 is 0. The maximum atomic E-state index is 12.9. The molecule has 8 heteroatoms. The van der Waals surface area contributed by atoms with E-state index in [-0.39, 0.29) is 5.56 Å². The smallest absolute Gasteiger partial charge is 0.355 e. The second-order valence-electron chi connectivity index (χ2n) is 6.31. The monoisotopic (exact) mass is 372 g/mol. The van der Waals surface area contributed by atoms with E-state index in [0.717, 1.165) is 12.1 Å². The van der Waals surface area contributed by atoms with Crippen LogP contribution >= 0.6 is 0 Å². The average Bonchev–Trinajstić information content (AvgIpc) is 2.66. The SMILES string of the molecule is CN1CCN(C(=O)c2ccc(C(F)(F)F)cc2)c2nc3ccccc3nc21.